The number of hydrogen-bond donors (Lipinski definition) is 0. The third kappa shape index (κ3) is 10.1. The van der Waals surface area contributed by atoms with E-state index in [1.165, 1.54) is 0 Å². The molecule has 4 rings (SSSR count). The molecule has 8 heteroatoms. The van der Waals surface area contributed by atoms with Crippen molar-refractivity contribution in [1.82, 2.24) is 0 Å². The summed E-state index contributed by atoms with van der Waals surface area (Å²) in [5.74, 6) is 4.57. The van der Waals surface area contributed by atoms with Crippen molar-refractivity contribution in [3.05, 3.63) is 0 Å². The Bertz CT molecular complexity index is 575. The molecule has 224 valence electrons. The number of ether oxygens (including phenoxy) is 4. The van der Waals surface area contributed by atoms with Gasteiger partial charge in [-0.2, -0.15) is 0 Å². The van der Waals surface area contributed by atoms with Crippen LogP contribution >= 0.6 is 0 Å². The molecule has 0 N–H and O–H groups in total. The van der Waals surface area contributed by atoms with Gasteiger partial charge in [0.2, 0.25) is 0 Å². The fourth-order valence-electron chi connectivity index (χ4n) is 6.22. The van der Waals surface area contributed by atoms with Crippen molar-refractivity contribution in [3.8, 4) is 0 Å². The van der Waals surface area contributed by atoms with E-state index < -0.39 is 0 Å². The van der Waals surface area contributed by atoms with Crippen LogP contribution in [0.4, 0.5) is 0 Å². The summed E-state index contributed by atoms with van der Waals surface area (Å²) >= 11 is 0. The van der Waals surface area contributed by atoms with Crippen molar-refractivity contribution in [3.63, 3.8) is 0 Å². The average molecular weight is 552 g/mol. The van der Waals surface area contributed by atoms with Crippen LogP contribution in [0.1, 0.15) is 109 Å². The van der Waals surface area contributed by atoms with E-state index >= 15 is 0 Å². The molecule has 0 aromatic heterocycles. The summed E-state index contributed by atoms with van der Waals surface area (Å²) in [5, 5.41) is 0. The molecule has 0 aliphatic carbocycles. The van der Waals surface area contributed by atoms with Gasteiger partial charge in [-0.15, -0.1) is 0 Å². The first-order valence-electron chi connectivity index (χ1n) is 16.3. The van der Waals surface area contributed by atoms with E-state index in [4.69, 9.17) is 50.3 Å². The largest absolute Gasteiger partial charge is 0.384 e. The fraction of sp³-hybridized carbons (Fsp3) is 1.00. The highest BCUT2D eigenvalue weighted by atomic mass is 16.5. The molecule has 8 radical (unpaired) electrons. The molecule has 4 aliphatic rings. The molecule has 16 atom stereocenters. The predicted octanol–water partition coefficient (Wildman–Crippen LogP) is 6.25. The Morgan fingerprint density at radius 3 is 0.525 bits per heavy atom. The van der Waals surface area contributed by atoms with Gasteiger partial charge in [-0.3, -0.25) is 0 Å². The summed E-state index contributed by atoms with van der Waals surface area (Å²) in [4.78, 5) is 0. The lowest BCUT2D eigenvalue weighted by molar-refractivity contribution is 0.0697. The molecule has 0 aromatic rings. The molecule has 0 bridgehead atoms. The first-order chi connectivity index (χ1) is 18.7. The Labute approximate surface area is 254 Å². The molecular formula is C32H60B4O4. The van der Waals surface area contributed by atoms with E-state index in [2.05, 4.69) is 83.1 Å². The zero-order chi connectivity index (χ0) is 30.9. The molecule has 0 spiro atoms. The zero-order valence-corrected chi connectivity index (χ0v) is 28.0. The minimum atomic E-state index is -0.0278. The highest BCUT2D eigenvalue weighted by Crippen LogP contribution is 2.34. The molecule has 4 heterocycles. The van der Waals surface area contributed by atoms with Gasteiger partial charge in [0.15, 0.2) is 0 Å². The standard InChI is InChI=1S/4C8H15BO/c4*1-4-7-5(2)6(3)8(9)10-7/h4*5-8H,4H2,1-3H3/t2*5-,6+,7?,8?;2*5-,6-,7?,8?/m1010/s1. The minimum Gasteiger partial charge on any atom is -0.384 e. The van der Waals surface area contributed by atoms with E-state index in [1.54, 1.807) is 0 Å². The maximum absolute atomic E-state index is 5.71. The Morgan fingerprint density at radius 1 is 0.325 bits per heavy atom. The lowest BCUT2D eigenvalue weighted by Gasteiger charge is -2.13. The van der Waals surface area contributed by atoms with Crippen LogP contribution in [0, 0.1) is 47.3 Å². The minimum absolute atomic E-state index is 0.0278. The fourth-order valence-corrected chi connectivity index (χ4v) is 6.22. The molecule has 40 heavy (non-hydrogen) atoms. The van der Waals surface area contributed by atoms with Crippen LogP contribution in [0.15, 0.2) is 0 Å². The van der Waals surface area contributed by atoms with Gasteiger partial charge in [-0.25, -0.2) is 0 Å². The number of rotatable bonds is 4. The summed E-state index contributed by atoms with van der Waals surface area (Å²) in [7, 11) is 22.8. The molecule has 8 unspecified atom stereocenters. The Hall–Kier alpha value is 0.0997. The van der Waals surface area contributed by atoms with Gasteiger partial charge in [0, 0.05) is 24.0 Å². The maximum atomic E-state index is 5.71. The second-order valence-electron chi connectivity index (χ2n) is 13.1. The summed E-state index contributed by atoms with van der Waals surface area (Å²) < 4.78 is 22.1. The second kappa shape index (κ2) is 18.0. The van der Waals surface area contributed by atoms with Gasteiger partial charge in [-0.1, -0.05) is 83.1 Å². The van der Waals surface area contributed by atoms with Crippen LogP contribution in [-0.4, -0.2) is 79.8 Å². The SMILES string of the molecule is [B]C1OC(CC)[C@@H](C)[C@@H]1C.[B]C1OC(CC)[C@@H](C)[C@H]1C.[B]C1OC(CC)[C@H](C)[C@@H]1C.[B]C1OC(CC)[C@H](C)[C@H]1C. The molecule has 0 saturated carbocycles. The molecular weight excluding hydrogens is 492 g/mol. The van der Waals surface area contributed by atoms with Crippen molar-refractivity contribution in [2.45, 2.75) is 157 Å². The van der Waals surface area contributed by atoms with Crippen molar-refractivity contribution in [1.29, 1.82) is 0 Å². The van der Waals surface area contributed by atoms with Crippen molar-refractivity contribution in [2.75, 3.05) is 0 Å². The van der Waals surface area contributed by atoms with Crippen LogP contribution in [-0.2, 0) is 18.9 Å². The monoisotopic (exact) mass is 552 g/mol. The van der Waals surface area contributed by atoms with E-state index in [1.807, 2.05) is 0 Å². The van der Waals surface area contributed by atoms with Gasteiger partial charge in [0.25, 0.3) is 0 Å². The van der Waals surface area contributed by atoms with Gasteiger partial charge in [0.05, 0.1) is 24.4 Å². The molecule has 4 nitrogen and oxygen atoms in total. The zero-order valence-electron chi connectivity index (χ0n) is 28.0. The van der Waals surface area contributed by atoms with E-state index in [9.17, 15) is 0 Å². The Kier molecular flexibility index (Phi) is 17.2. The third-order valence-electron chi connectivity index (χ3n) is 10.7. The van der Waals surface area contributed by atoms with E-state index in [0.717, 1.165) is 25.7 Å². The van der Waals surface area contributed by atoms with Gasteiger partial charge >= 0.3 is 0 Å². The lowest BCUT2D eigenvalue weighted by Crippen LogP contribution is -2.15. The summed E-state index contributed by atoms with van der Waals surface area (Å²) in [6, 6.07) is -0.111. The first-order valence-corrected chi connectivity index (χ1v) is 16.3. The summed E-state index contributed by atoms with van der Waals surface area (Å²) in [5.41, 5.74) is 0. The van der Waals surface area contributed by atoms with E-state index in [0.29, 0.717) is 71.8 Å². The lowest BCUT2D eigenvalue weighted by atomic mass is 9.81. The third-order valence-corrected chi connectivity index (χ3v) is 10.7. The maximum Gasteiger partial charge on any atom is 0.109 e. The van der Waals surface area contributed by atoms with Crippen LogP contribution in [0.2, 0.25) is 0 Å². The molecule has 4 saturated heterocycles. The quantitative estimate of drug-likeness (QED) is 0.387. The average Bonchev–Trinajstić information content (AvgIpc) is 3.55. The molecule has 0 amide bonds. The Balaban J connectivity index is 0.000000267. The van der Waals surface area contributed by atoms with Gasteiger partial charge in [0.1, 0.15) is 31.4 Å². The van der Waals surface area contributed by atoms with Crippen LogP contribution in [0.5, 0.6) is 0 Å². The topological polar surface area (TPSA) is 36.9 Å². The van der Waals surface area contributed by atoms with Crippen LogP contribution in [0.3, 0.4) is 0 Å². The summed E-state index contributed by atoms with van der Waals surface area (Å²) in [6.07, 6.45) is 5.90. The predicted molar refractivity (Wildman–Crippen MR) is 172 cm³/mol. The van der Waals surface area contributed by atoms with Crippen molar-refractivity contribution < 1.29 is 18.9 Å². The molecule has 4 fully saturated rings. The van der Waals surface area contributed by atoms with Crippen LogP contribution < -0.4 is 0 Å². The smallest absolute Gasteiger partial charge is 0.109 e. The van der Waals surface area contributed by atoms with Gasteiger partial charge < -0.3 is 18.9 Å². The second-order valence-corrected chi connectivity index (χ2v) is 13.1. The highest BCUT2D eigenvalue weighted by Gasteiger charge is 2.36. The van der Waals surface area contributed by atoms with E-state index in [-0.39, 0.29) is 24.0 Å². The molecule has 0 aromatic carbocycles. The summed E-state index contributed by atoms with van der Waals surface area (Å²) in [6.45, 7) is 26.1. The highest BCUT2D eigenvalue weighted by molar-refractivity contribution is 6.12. The normalized spacial score (nSPS) is 47.9. The molecule has 4 aliphatic heterocycles. The van der Waals surface area contributed by atoms with Gasteiger partial charge in [-0.05, 0) is 73.0 Å². The van der Waals surface area contributed by atoms with Crippen molar-refractivity contribution in [2.24, 2.45) is 47.3 Å². The van der Waals surface area contributed by atoms with Crippen LogP contribution in [0.25, 0.3) is 0 Å². The number of hydrogen-bond acceptors (Lipinski definition) is 4. The van der Waals surface area contributed by atoms with Crippen molar-refractivity contribution >= 4 is 31.4 Å². The first kappa shape index (κ1) is 38.1. The Morgan fingerprint density at radius 2 is 0.475 bits per heavy atom.